The molecule has 1 aromatic rings. The molecule has 0 spiro atoms. The molecule has 2 nitrogen and oxygen atoms in total. The van der Waals surface area contributed by atoms with Crippen LogP contribution in [0.4, 0.5) is 0 Å². The standard InChI is InChI=1S/C17H27NO/c1-12-8-9-13(2)17(14(12)3)19-11-10-16(18)15-6-4-5-7-15/h8-9,15-16H,4-7,10-11,18H2,1-3H3. The summed E-state index contributed by atoms with van der Waals surface area (Å²) in [6.45, 7) is 7.11. The summed E-state index contributed by atoms with van der Waals surface area (Å²) in [6, 6.07) is 4.60. The van der Waals surface area contributed by atoms with Gasteiger partial charge in [0.25, 0.3) is 0 Å². The Morgan fingerprint density at radius 1 is 1.16 bits per heavy atom. The Morgan fingerprint density at radius 2 is 1.79 bits per heavy atom. The highest BCUT2D eigenvalue weighted by Gasteiger charge is 2.21. The Balaban J connectivity index is 1.87. The molecule has 2 heteroatoms. The predicted octanol–water partition coefficient (Wildman–Crippen LogP) is 3.90. The maximum atomic E-state index is 6.27. The molecule has 1 aromatic carbocycles. The SMILES string of the molecule is Cc1ccc(C)c(OCCC(N)C2CCCC2)c1C. The quantitative estimate of drug-likeness (QED) is 0.872. The van der Waals surface area contributed by atoms with Crippen LogP contribution in [0.1, 0.15) is 48.8 Å². The van der Waals surface area contributed by atoms with Crippen molar-refractivity contribution in [3.63, 3.8) is 0 Å². The van der Waals surface area contributed by atoms with Gasteiger partial charge in [-0.25, -0.2) is 0 Å². The topological polar surface area (TPSA) is 35.2 Å². The van der Waals surface area contributed by atoms with Gasteiger partial charge in [0.1, 0.15) is 5.75 Å². The van der Waals surface area contributed by atoms with Gasteiger partial charge in [0, 0.05) is 6.04 Å². The first-order valence-electron chi connectivity index (χ1n) is 7.54. The summed E-state index contributed by atoms with van der Waals surface area (Å²) in [5.41, 5.74) is 10.0. The molecule has 1 unspecified atom stereocenters. The molecule has 0 radical (unpaired) electrons. The van der Waals surface area contributed by atoms with Crippen LogP contribution >= 0.6 is 0 Å². The lowest BCUT2D eigenvalue weighted by Gasteiger charge is -2.20. The molecule has 1 saturated carbocycles. The van der Waals surface area contributed by atoms with E-state index in [0.29, 0.717) is 6.04 Å². The summed E-state index contributed by atoms with van der Waals surface area (Å²) in [5, 5.41) is 0. The van der Waals surface area contributed by atoms with Gasteiger partial charge in [0.05, 0.1) is 6.61 Å². The van der Waals surface area contributed by atoms with E-state index in [4.69, 9.17) is 10.5 Å². The molecule has 0 aromatic heterocycles. The van der Waals surface area contributed by atoms with Crippen molar-refractivity contribution in [1.82, 2.24) is 0 Å². The molecule has 1 aliphatic carbocycles. The second-order valence-corrected chi connectivity index (χ2v) is 6.00. The average molecular weight is 261 g/mol. The third-order valence-corrected chi connectivity index (χ3v) is 4.58. The molecule has 0 saturated heterocycles. The molecule has 0 aliphatic heterocycles. The van der Waals surface area contributed by atoms with Gasteiger partial charge in [-0.1, -0.05) is 25.0 Å². The zero-order valence-corrected chi connectivity index (χ0v) is 12.5. The van der Waals surface area contributed by atoms with Crippen molar-refractivity contribution in [3.05, 3.63) is 28.8 Å². The zero-order chi connectivity index (χ0) is 13.8. The average Bonchev–Trinajstić information content (AvgIpc) is 2.92. The normalized spacial score (nSPS) is 17.7. The third kappa shape index (κ3) is 3.50. The minimum atomic E-state index is 0.313. The molecule has 19 heavy (non-hydrogen) atoms. The zero-order valence-electron chi connectivity index (χ0n) is 12.5. The maximum absolute atomic E-state index is 6.27. The summed E-state index contributed by atoms with van der Waals surface area (Å²) < 4.78 is 6.00. The summed E-state index contributed by atoms with van der Waals surface area (Å²) in [6.07, 6.45) is 6.30. The van der Waals surface area contributed by atoms with Gasteiger partial charge in [-0.05, 0) is 62.6 Å². The second-order valence-electron chi connectivity index (χ2n) is 6.00. The highest BCUT2D eigenvalue weighted by molar-refractivity contribution is 5.44. The molecule has 0 bridgehead atoms. The Labute approximate surface area is 117 Å². The van der Waals surface area contributed by atoms with Crippen molar-refractivity contribution in [2.75, 3.05) is 6.61 Å². The maximum Gasteiger partial charge on any atom is 0.125 e. The van der Waals surface area contributed by atoms with Crippen molar-refractivity contribution in [1.29, 1.82) is 0 Å². The number of hydrogen-bond acceptors (Lipinski definition) is 2. The minimum Gasteiger partial charge on any atom is -0.493 e. The van der Waals surface area contributed by atoms with Crippen LogP contribution in [0.25, 0.3) is 0 Å². The van der Waals surface area contributed by atoms with Crippen LogP contribution in [0, 0.1) is 26.7 Å². The van der Waals surface area contributed by atoms with Crippen molar-refractivity contribution < 1.29 is 4.74 Å². The summed E-state index contributed by atoms with van der Waals surface area (Å²) in [4.78, 5) is 0. The molecular formula is C17H27NO. The van der Waals surface area contributed by atoms with Crippen LogP contribution < -0.4 is 10.5 Å². The summed E-state index contributed by atoms with van der Waals surface area (Å²) >= 11 is 0. The highest BCUT2D eigenvalue weighted by Crippen LogP contribution is 2.29. The Morgan fingerprint density at radius 3 is 2.47 bits per heavy atom. The van der Waals surface area contributed by atoms with Crippen molar-refractivity contribution in [3.8, 4) is 5.75 Å². The van der Waals surface area contributed by atoms with Gasteiger partial charge in [0.2, 0.25) is 0 Å². The van der Waals surface area contributed by atoms with Crippen molar-refractivity contribution in [2.24, 2.45) is 11.7 Å². The van der Waals surface area contributed by atoms with E-state index in [1.54, 1.807) is 0 Å². The number of nitrogens with two attached hydrogens (primary N) is 1. The minimum absolute atomic E-state index is 0.313. The van der Waals surface area contributed by atoms with Crippen LogP contribution in [0.5, 0.6) is 5.75 Å². The van der Waals surface area contributed by atoms with Crippen LogP contribution in [0.15, 0.2) is 12.1 Å². The second kappa shape index (κ2) is 6.42. The van der Waals surface area contributed by atoms with E-state index in [1.807, 2.05) is 0 Å². The lowest BCUT2D eigenvalue weighted by Crippen LogP contribution is -2.30. The van der Waals surface area contributed by atoms with E-state index in [9.17, 15) is 0 Å². The Hall–Kier alpha value is -1.02. The van der Waals surface area contributed by atoms with Crippen LogP contribution in [0.2, 0.25) is 0 Å². The molecule has 1 atom stereocenters. The van der Waals surface area contributed by atoms with Gasteiger partial charge < -0.3 is 10.5 Å². The monoisotopic (exact) mass is 261 g/mol. The van der Waals surface area contributed by atoms with E-state index in [-0.39, 0.29) is 0 Å². The fourth-order valence-electron chi connectivity index (χ4n) is 3.07. The molecule has 0 amide bonds. The van der Waals surface area contributed by atoms with Crippen LogP contribution in [-0.4, -0.2) is 12.6 Å². The van der Waals surface area contributed by atoms with Crippen LogP contribution in [-0.2, 0) is 0 Å². The Bertz CT molecular complexity index is 422. The Kier molecular flexibility index (Phi) is 4.87. The first-order chi connectivity index (χ1) is 9.09. The smallest absolute Gasteiger partial charge is 0.125 e. The largest absolute Gasteiger partial charge is 0.493 e. The number of aryl methyl sites for hydroxylation is 2. The van der Waals surface area contributed by atoms with E-state index in [2.05, 4.69) is 32.9 Å². The van der Waals surface area contributed by atoms with Crippen molar-refractivity contribution >= 4 is 0 Å². The molecule has 1 aliphatic rings. The summed E-state index contributed by atoms with van der Waals surface area (Å²) in [7, 11) is 0. The van der Waals surface area contributed by atoms with E-state index >= 15 is 0 Å². The fourth-order valence-corrected chi connectivity index (χ4v) is 3.07. The lowest BCUT2D eigenvalue weighted by atomic mass is 9.97. The van der Waals surface area contributed by atoms with E-state index < -0.39 is 0 Å². The molecule has 106 valence electrons. The van der Waals surface area contributed by atoms with E-state index in [1.165, 1.54) is 42.4 Å². The first-order valence-corrected chi connectivity index (χ1v) is 7.54. The van der Waals surface area contributed by atoms with Gasteiger partial charge in [0.15, 0.2) is 0 Å². The molecule has 0 heterocycles. The van der Waals surface area contributed by atoms with E-state index in [0.717, 1.165) is 24.7 Å². The molecule has 2 N–H and O–H groups in total. The number of hydrogen-bond donors (Lipinski definition) is 1. The number of benzene rings is 1. The summed E-state index contributed by atoms with van der Waals surface area (Å²) in [5.74, 6) is 1.78. The number of ether oxygens (including phenoxy) is 1. The molecule has 2 rings (SSSR count). The molecule has 1 fully saturated rings. The van der Waals surface area contributed by atoms with Gasteiger partial charge >= 0.3 is 0 Å². The van der Waals surface area contributed by atoms with Crippen LogP contribution in [0.3, 0.4) is 0 Å². The van der Waals surface area contributed by atoms with Crippen molar-refractivity contribution in [2.45, 2.75) is 58.9 Å². The first kappa shape index (κ1) is 14.4. The third-order valence-electron chi connectivity index (χ3n) is 4.58. The fraction of sp³-hybridized carbons (Fsp3) is 0.647. The molecular weight excluding hydrogens is 234 g/mol. The highest BCUT2D eigenvalue weighted by atomic mass is 16.5. The van der Waals surface area contributed by atoms with Gasteiger partial charge in [-0.2, -0.15) is 0 Å². The predicted molar refractivity (Wildman–Crippen MR) is 80.7 cm³/mol. The lowest BCUT2D eigenvalue weighted by molar-refractivity contribution is 0.271. The number of rotatable bonds is 5. The van der Waals surface area contributed by atoms with Gasteiger partial charge in [-0.15, -0.1) is 0 Å². The van der Waals surface area contributed by atoms with Gasteiger partial charge in [-0.3, -0.25) is 0 Å².